The lowest BCUT2D eigenvalue weighted by molar-refractivity contribution is -0.122. The Morgan fingerprint density at radius 3 is 3.06 bits per heavy atom. The molecule has 2 atom stereocenters. The maximum absolute atomic E-state index is 11.9. The standard InChI is InChI=1S/C13H22N4O/c1-9(12-8-15-17(3)10(12)2)16-13(18)6-11-4-5-14-7-11/h8-9,11,14H,4-7H2,1-3H3,(H,16,18). The van der Waals surface area contributed by atoms with E-state index in [9.17, 15) is 4.79 Å². The van der Waals surface area contributed by atoms with Crippen LogP contribution in [0.5, 0.6) is 0 Å². The second-order valence-corrected chi connectivity index (χ2v) is 5.16. The van der Waals surface area contributed by atoms with Crippen molar-refractivity contribution in [1.29, 1.82) is 0 Å². The maximum atomic E-state index is 11.9. The van der Waals surface area contributed by atoms with Crippen LogP contribution in [0.1, 0.15) is 37.1 Å². The summed E-state index contributed by atoms with van der Waals surface area (Å²) in [6.45, 7) is 6.03. The lowest BCUT2D eigenvalue weighted by Crippen LogP contribution is -2.29. The first kappa shape index (κ1) is 13.1. The van der Waals surface area contributed by atoms with Gasteiger partial charge in [0.15, 0.2) is 0 Å². The van der Waals surface area contributed by atoms with Crippen LogP contribution in [-0.2, 0) is 11.8 Å². The normalized spacial score (nSPS) is 20.9. The van der Waals surface area contributed by atoms with E-state index in [1.807, 2.05) is 31.8 Å². The molecule has 1 aromatic rings. The molecule has 0 spiro atoms. The second kappa shape index (κ2) is 5.52. The van der Waals surface area contributed by atoms with E-state index in [2.05, 4.69) is 15.7 Å². The van der Waals surface area contributed by atoms with E-state index in [0.29, 0.717) is 12.3 Å². The molecule has 0 saturated carbocycles. The molecule has 0 radical (unpaired) electrons. The van der Waals surface area contributed by atoms with Crippen LogP contribution in [0, 0.1) is 12.8 Å². The van der Waals surface area contributed by atoms with E-state index in [1.165, 1.54) is 0 Å². The zero-order valence-electron chi connectivity index (χ0n) is 11.4. The molecule has 2 N–H and O–H groups in total. The Morgan fingerprint density at radius 2 is 2.50 bits per heavy atom. The minimum atomic E-state index is 0.0283. The molecule has 100 valence electrons. The van der Waals surface area contributed by atoms with Crippen molar-refractivity contribution in [2.75, 3.05) is 13.1 Å². The molecule has 1 aliphatic heterocycles. The van der Waals surface area contributed by atoms with Gasteiger partial charge in [-0.15, -0.1) is 0 Å². The molecule has 0 aliphatic carbocycles. The van der Waals surface area contributed by atoms with Crippen LogP contribution in [-0.4, -0.2) is 28.8 Å². The molecule has 1 aliphatic rings. The number of nitrogens with zero attached hydrogens (tertiary/aromatic N) is 2. The summed E-state index contributed by atoms with van der Waals surface area (Å²) in [6, 6.07) is 0.0283. The maximum Gasteiger partial charge on any atom is 0.220 e. The Hall–Kier alpha value is -1.36. The summed E-state index contributed by atoms with van der Waals surface area (Å²) in [5.74, 6) is 0.631. The molecule has 5 nitrogen and oxygen atoms in total. The third-order valence-electron chi connectivity index (χ3n) is 3.75. The van der Waals surface area contributed by atoms with Crippen LogP contribution in [0.25, 0.3) is 0 Å². The number of amides is 1. The van der Waals surface area contributed by atoms with E-state index < -0.39 is 0 Å². The summed E-state index contributed by atoms with van der Waals surface area (Å²) in [5.41, 5.74) is 2.20. The van der Waals surface area contributed by atoms with Crippen LogP contribution in [0.4, 0.5) is 0 Å². The third-order valence-corrected chi connectivity index (χ3v) is 3.75. The van der Waals surface area contributed by atoms with Crippen LogP contribution >= 0.6 is 0 Å². The average molecular weight is 250 g/mol. The Morgan fingerprint density at radius 1 is 1.72 bits per heavy atom. The third kappa shape index (κ3) is 2.90. The van der Waals surface area contributed by atoms with Gasteiger partial charge < -0.3 is 10.6 Å². The first-order valence-electron chi connectivity index (χ1n) is 6.56. The summed E-state index contributed by atoms with van der Waals surface area (Å²) in [6.07, 6.45) is 3.56. The van der Waals surface area contributed by atoms with Crippen molar-refractivity contribution >= 4 is 5.91 Å². The van der Waals surface area contributed by atoms with Crippen molar-refractivity contribution in [3.05, 3.63) is 17.5 Å². The van der Waals surface area contributed by atoms with Gasteiger partial charge >= 0.3 is 0 Å². The largest absolute Gasteiger partial charge is 0.349 e. The van der Waals surface area contributed by atoms with E-state index in [0.717, 1.165) is 30.8 Å². The number of nitrogens with one attached hydrogen (secondary N) is 2. The van der Waals surface area contributed by atoms with Gasteiger partial charge in [-0.2, -0.15) is 5.10 Å². The minimum absolute atomic E-state index is 0.0283. The zero-order valence-corrected chi connectivity index (χ0v) is 11.4. The molecule has 1 saturated heterocycles. The Labute approximate surface area is 108 Å². The molecule has 2 unspecified atom stereocenters. The van der Waals surface area contributed by atoms with Gasteiger partial charge in [-0.3, -0.25) is 9.48 Å². The molecular weight excluding hydrogens is 228 g/mol. The number of carbonyl (C=O) groups excluding carboxylic acids is 1. The Balaban J connectivity index is 1.88. The Bertz CT molecular complexity index is 421. The highest BCUT2D eigenvalue weighted by molar-refractivity contribution is 5.76. The fraction of sp³-hybridized carbons (Fsp3) is 0.692. The summed E-state index contributed by atoms with van der Waals surface area (Å²) in [4.78, 5) is 11.9. The van der Waals surface area contributed by atoms with Crippen molar-refractivity contribution in [2.24, 2.45) is 13.0 Å². The van der Waals surface area contributed by atoms with Gasteiger partial charge in [0.05, 0.1) is 12.2 Å². The van der Waals surface area contributed by atoms with Crippen LogP contribution in [0.15, 0.2) is 6.20 Å². The van der Waals surface area contributed by atoms with Crippen molar-refractivity contribution in [2.45, 2.75) is 32.7 Å². The molecule has 0 aromatic carbocycles. The van der Waals surface area contributed by atoms with Gasteiger partial charge in [0.25, 0.3) is 0 Å². The number of aromatic nitrogens is 2. The number of carbonyl (C=O) groups is 1. The number of hydrogen-bond donors (Lipinski definition) is 2. The van der Waals surface area contributed by atoms with Crippen molar-refractivity contribution in [1.82, 2.24) is 20.4 Å². The predicted octanol–water partition coefficient (Wildman–Crippen LogP) is 0.905. The molecule has 1 aromatic heterocycles. The fourth-order valence-electron chi connectivity index (χ4n) is 2.47. The SMILES string of the molecule is Cc1c(C(C)NC(=O)CC2CCNC2)cnn1C. The lowest BCUT2D eigenvalue weighted by Gasteiger charge is -2.15. The van der Waals surface area contributed by atoms with Crippen LogP contribution in [0.3, 0.4) is 0 Å². The van der Waals surface area contributed by atoms with Crippen molar-refractivity contribution in [3.63, 3.8) is 0 Å². The monoisotopic (exact) mass is 250 g/mol. The van der Waals surface area contributed by atoms with Crippen molar-refractivity contribution < 1.29 is 4.79 Å². The lowest BCUT2D eigenvalue weighted by atomic mass is 10.0. The summed E-state index contributed by atoms with van der Waals surface area (Å²) >= 11 is 0. The highest BCUT2D eigenvalue weighted by atomic mass is 16.1. The summed E-state index contributed by atoms with van der Waals surface area (Å²) in [5, 5.41) is 10.5. The molecule has 5 heteroatoms. The van der Waals surface area contributed by atoms with Gasteiger partial charge in [-0.25, -0.2) is 0 Å². The number of hydrogen-bond acceptors (Lipinski definition) is 3. The van der Waals surface area contributed by atoms with Gasteiger partial charge in [0.1, 0.15) is 0 Å². The fourth-order valence-corrected chi connectivity index (χ4v) is 2.47. The highest BCUT2D eigenvalue weighted by Gasteiger charge is 2.20. The molecule has 1 amide bonds. The van der Waals surface area contributed by atoms with Crippen LogP contribution < -0.4 is 10.6 Å². The van der Waals surface area contributed by atoms with E-state index >= 15 is 0 Å². The number of aryl methyl sites for hydroxylation is 1. The zero-order chi connectivity index (χ0) is 13.1. The first-order chi connectivity index (χ1) is 8.58. The predicted molar refractivity (Wildman–Crippen MR) is 70.1 cm³/mol. The van der Waals surface area contributed by atoms with E-state index in [1.54, 1.807) is 0 Å². The Kier molecular flexibility index (Phi) is 4.01. The summed E-state index contributed by atoms with van der Waals surface area (Å²) < 4.78 is 1.83. The average Bonchev–Trinajstić information content (AvgIpc) is 2.91. The molecule has 1 fully saturated rings. The number of rotatable bonds is 4. The van der Waals surface area contributed by atoms with Gasteiger partial charge in [0.2, 0.25) is 5.91 Å². The molecule has 2 heterocycles. The first-order valence-corrected chi connectivity index (χ1v) is 6.56. The van der Waals surface area contributed by atoms with Gasteiger partial charge in [-0.1, -0.05) is 0 Å². The molecular formula is C13H22N4O. The smallest absolute Gasteiger partial charge is 0.220 e. The topological polar surface area (TPSA) is 59.0 Å². The highest BCUT2D eigenvalue weighted by Crippen LogP contribution is 2.17. The van der Waals surface area contributed by atoms with Crippen molar-refractivity contribution in [3.8, 4) is 0 Å². The van der Waals surface area contributed by atoms with E-state index in [4.69, 9.17) is 0 Å². The van der Waals surface area contributed by atoms with Gasteiger partial charge in [-0.05, 0) is 39.3 Å². The minimum Gasteiger partial charge on any atom is -0.349 e. The van der Waals surface area contributed by atoms with Gasteiger partial charge in [0, 0.05) is 24.7 Å². The van der Waals surface area contributed by atoms with Crippen LogP contribution in [0.2, 0.25) is 0 Å². The molecule has 2 rings (SSSR count). The molecule has 0 bridgehead atoms. The summed E-state index contributed by atoms with van der Waals surface area (Å²) in [7, 11) is 1.91. The van der Waals surface area contributed by atoms with E-state index in [-0.39, 0.29) is 11.9 Å². The molecule has 18 heavy (non-hydrogen) atoms. The quantitative estimate of drug-likeness (QED) is 0.835. The second-order valence-electron chi connectivity index (χ2n) is 5.16.